The predicted octanol–water partition coefficient (Wildman–Crippen LogP) is 5.34. The smallest absolute Gasteiger partial charge is 0.317 e. The zero-order valence-corrected chi connectivity index (χ0v) is 22.0. The minimum atomic E-state index is -1.71. The third-order valence-electron chi connectivity index (χ3n) is 7.21. The first-order valence-corrected chi connectivity index (χ1v) is 12.9. The molecular formula is C32H34O6. The van der Waals surface area contributed by atoms with Crippen molar-refractivity contribution in [3.8, 4) is 0 Å². The van der Waals surface area contributed by atoms with Gasteiger partial charge in [-0.2, -0.15) is 0 Å². The zero-order chi connectivity index (χ0) is 27.3. The van der Waals surface area contributed by atoms with E-state index in [-0.39, 0.29) is 25.6 Å². The quantitative estimate of drug-likeness (QED) is 0.323. The second kappa shape index (κ2) is 11.7. The fraction of sp³-hybridized carbons (Fsp3) is 0.344. The lowest BCUT2D eigenvalue weighted by Gasteiger charge is -2.43. The molecule has 4 atom stereocenters. The number of carbonyl (C=O) groups excluding carboxylic acids is 3. The zero-order valence-electron chi connectivity index (χ0n) is 22.0. The normalized spacial score (nSPS) is 23.2. The number of hydrogen-bond donors (Lipinski definition) is 1. The van der Waals surface area contributed by atoms with Gasteiger partial charge in [-0.05, 0) is 35.1 Å². The molecule has 4 rings (SSSR count). The lowest BCUT2D eigenvalue weighted by atomic mass is 9.61. The topological polar surface area (TPSA) is 89.9 Å². The van der Waals surface area contributed by atoms with E-state index in [1.54, 1.807) is 0 Å². The van der Waals surface area contributed by atoms with Crippen LogP contribution in [0.3, 0.4) is 0 Å². The van der Waals surface area contributed by atoms with E-state index in [0.29, 0.717) is 5.56 Å². The van der Waals surface area contributed by atoms with Crippen molar-refractivity contribution in [2.75, 3.05) is 0 Å². The Hall–Kier alpha value is -3.77. The van der Waals surface area contributed by atoms with Gasteiger partial charge in [0.1, 0.15) is 19.1 Å². The SMILES string of the molecule is CC(C)c1ccc([C@@H]2[C@H](C(=O)OCc3ccccc3)C(=O)C[C@](C)(O)[C@H]2C(=O)OCc2ccccc2)cc1. The van der Waals surface area contributed by atoms with E-state index in [9.17, 15) is 19.5 Å². The summed E-state index contributed by atoms with van der Waals surface area (Å²) >= 11 is 0. The Labute approximate surface area is 223 Å². The summed E-state index contributed by atoms with van der Waals surface area (Å²) in [6.07, 6.45) is -0.357. The Kier molecular flexibility index (Phi) is 8.42. The lowest BCUT2D eigenvalue weighted by molar-refractivity contribution is -0.174. The number of carbonyl (C=O) groups is 3. The number of Topliss-reactive ketones (excluding diaryl/α,β-unsaturated/α-hetero) is 1. The monoisotopic (exact) mass is 514 g/mol. The Morgan fingerprint density at radius 2 is 1.34 bits per heavy atom. The molecule has 3 aromatic carbocycles. The summed E-state index contributed by atoms with van der Waals surface area (Å²) < 4.78 is 11.2. The summed E-state index contributed by atoms with van der Waals surface area (Å²) in [6, 6.07) is 25.9. The molecule has 1 aliphatic rings. The van der Waals surface area contributed by atoms with Gasteiger partial charge in [0.05, 0.1) is 11.5 Å². The van der Waals surface area contributed by atoms with Crippen LogP contribution in [-0.4, -0.2) is 28.4 Å². The summed E-state index contributed by atoms with van der Waals surface area (Å²) in [4.78, 5) is 40.3. The maximum atomic E-state index is 13.6. The van der Waals surface area contributed by atoms with Gasteiger partial charge in [-0.1, -0.05) is 98.8 Å². The number of aliphatic hydroxyl groups is 1. The third-order valence-corrected chi connectivity index (χ3v) is 7.21. The molecule has 0 bridgehead atoms. The number of esters is 2. The van der Waals surface area contributed by atoms with Gasteiger partial charge in [-0.3, -0.25) is 14.4 Å². The molecule has 198 valence electrons. The van der Waals surface area contributed by atoms with Crippen LogP contribution in [0.1, 0.15) is 61.3 Å². The molecule has 0 unspecified atom stereocenters. The van der Waals surface area contributed by atoms with Crippen LogP contribution in [0.25, 0.3) is 0 Å². The molecule has 1 saturated carbocycles. The van der Waals surface area contributed by atoms with E-state index in [0.717, 1.165) is 16.7 Å². The van der Waals surface area contributed by atoms with Crippen molar-refractivity contribution in [3.05, 3.63) is 107 Å². The number of ketones is 1. The van der Waals surface area contributed by atoms with Crippen LogP contribution in [0.5, 0.6) is 0 Å². The number of hydrogen-bond acceptors (Lipinski definition) is 6. The molecule has 6 nitrogen and oxygen atoms in total. The van der Waals surface area contributed by atoms with E-state index in [2.05, 4.69) is 13.8 Å². The molecule has 1 N–H and O–H groups in total. The van der Waals surface area contributed by atoms with Gasteiger partial charge in [0.2, 0.25) is 0 Å². The fourth-order valence-corrected chi connectivity index (χ4v) is 5.16. The fourth-order valence-electron chi connectivity index (χ4n) is 5.16. The van der Waals surface area contributed by atoms with Crippen molar-refractivity contribution >= 4 is 17.7 Å². The molecule has 1 aliphatic carbocycles. The van der Waals surface area contributed by atoms with Crippen molar-refractivity contribution in [3.63, 3.8) is 0 Å². The second-order valence-corrected chi connectivity index (χ2v) is 10.5. The molecule has 0 spiro atoms. The maximum Gasteiger partial charge on any atom is 0.317 e. The highest BCUT2D eigenvalue weighted by Crippen LogP contribution is 2.47. The number of benzene rings is 3. The highest BCUT2D eigenvalue weighted by molar-refractivity contribution is 6.02. The molecular weight excluding hydrogens is 480 g/mol. The molecule has 1 fully saturated rings. The second-order valence-electron chi connectivity index (χ2n) is 10.5. The predicted molar refractivity (Wildman–Crippen MR) is 143 cm³/mol. The minimum absolute atomic E-state index is 0.00196. The van der Waals surface area contributed by atoms with Crippen LogP contribution in [0.15, 0.2) is 84.9 Å². The number of rotatable bonds is 8. The van der Waals surface area contributed by atoms with Gasteiger partial charge >= 0.3 is 11.9 Å². The Balaban J connectivity index is 1.68. The molecule has 0 aromatic heterocycles. The minimum Gasteiger partial charge on any atom is -0.461 e. The Bertz CT molecular complexity index is 1250. The molecule has 3 aromatic rings. The van der Waals surface area contributed by atoms with Gasteiger partial charge in [-0.25, -0.2) is 0 Å². The first-order chi connectivity index (χ1) is 18.2. The first-order valence-electron chi connectivity index (χ1n) is 12.9. The van der Waals surface area contributed by atoms with Crippen LogP contribution >= 0.6 is 0 Å². The van der Waals surface area contributed by atoms with Crippen LogP contribution < -0.4 is 0 Å². The third kappa shape index (κ3) is 6.20. The summed E-state index contributed by atoms with van der Waals surface area (Å²) in [5.41, 5.74) is 1.56. The van der Waals surface area contributed by atoms with E-state index in [4.69, 9.17) is 9.47 Å². The van der Waals surface area contributed by atoms with E-state index < -0.39 is 41.1 Å². The molecule has 0 radical (unpaired) electrons. The van der Waals surface area contributed by atoms with Gasteiger partial charge in [0.15, 0.2) is 5.78 Å². The van der Waals surface area contributed by atoms with E-state index in [1.807, 2.05) is 84.9 Å². The standard InChI is InChI=1S/C32H34O6/c1-21(2)24-14-16-25(17-15-24)27-28(30(34)37-19-22-10-6-4-7-11-22)26(33)18-32(3,36)29(27)31(35)38-20-23-12-8-5-9-13-23/h4-17,21,27-29,36H,18-20H2,1-3H3/t27-,28-,29-,32+/m1/s1. The van der Waals surface area contributed by atoms with E-state index >= 15 is 0 Å². The van der Waals surface area contributed by atoms with Gasteiger partial charge in [-0.15, -0.1) is 0 Å². The molecule has 0 heterocycles. The highest BCUT2D eigenvalue weighted by Gasteiger charge is 2.57. The average molecular weight is 515 g/mol. The van der Waals surface area contributed by atoms with Gasteiger partial charge in [0.25, 0.3) is 0 Å². The van der Waals surface area contributed by atoms with Crippen molar-refractivity contribution in [2.24, 2.45) is 11.8 Å². The Morgan fingerprint density at radius 1 is 0.842 bits per heavy atom. The van der Waals surface area contributed by atoms with Crippen LogP contribution in [0, 0.1) is 11.8 Å². The first kappa shape index (κ1) is 27.3. The summed E-state index contributed by atoms with van der Waals surface area (Å²) in [5, 5.41) is 11.4. The molecule has 0 saturated heterocycles. The summed E-state index contributed by atoms with van der Waals surface area (Å²) in [5.74, 6) is -4.91. The molecule has 38 heavy (non-hydrogen) atoms. The van der Waals surface area contributed by atoms with Crippen molar-refractivity contribution in [2.45, 2.75) is 57.8 Å². The number of ether oxygens (including phenoxy) is 2. The highest BCUT2D eigenvalue weighted by atomic mass is 16.5. The van der Waals surface area contributed by atoms with Gasteiger partial charge in [0, 0.05) is 12.3 Å². The Morgan fingerprint density at radius 3 is 1.84 bits per heavy atom. The van der Waals surface area contributed by atoms with Crippen molar-refractivity contribution in [1.82, 2.24) is 0 Å². The summed E-state index contributed by atoms with van der Waals surface area (Å²) in [6.45, 7) is 5.61. The summed E-state index contributed by atoms with van der Waals surface area (Å²) in [7, 11) is 0. The van der Waals surface area contributed by atoms with Gasteiger partial charge < -0.3 is 14.6 Å². The van der Waals surface area contributed by atoms with Crippen LogP contribution in [0.4, 0.5) is 0 Å². The molecule has 6 heteroatoms. The lowest BCUT2D eigenvalue weighted by Crippen LogP contribution is -2.55. The van der Waals surface area contributed by atoms with E-state index in [1.165, 1.54) is 6.92 Å². The van der Waals surface area contributed by atoms with Crippen LogP contribution in [-0.2, 0) is 37.1 Å². The molecule has 0 aliphatic heterocycles. The average Bonchev–Trinajstić information content (AvgIpc) is 2.90. The van der Waals surface area contributed by atoms with Crippen molar-refractivity contribution in [1.29, 1.82) is 0 Å². The largest absolute Gasteiger partial charge is 0.461 e. The van der Waals surface area contributed by atoms with Crippen LogP contribution in [0.2, 0.25) is 0 Å². The molecule has 0 amide bonds. The maximum absolute atomic E-state index is 13.6. The van der Waals surface area contributed by atoms with Crippen molar-refractivity contribution < 1.29 is 29.0 Å².